The number of alkyl halides is 3. The minimum atomic E-state index is -4.52. The molecule has 0 saturated heterocycles. The highest BCUT2D eigenvalue weighted by Gasteiger charge is 2.28. The smallest absolute Gasteiger partial charge is 0.414 e. The van der Waals surface area contributed by atoms with Crippen LogP contribution in [0.5, 0.6) is 5.88 Å². The van der Waals surface area contributed by atoms with Crippen molar-refractivity contribution in [2.75, 3.05) is 32.2 Å². The van der Waals surface area contributed by atoms with Crippen molar-refractivity contribution in [2.45, 2.75) is 6.18 Å². The zero-order chi connectivity index (χ0) is 15.7. The van der Waals surface area contributed by atoms with Gasteiger partial charge in [-0.05, 0) is 6.07 Å². The van der Waals surface area contributed by atoms with E-state index in [1.165, 1.54) is 25.4 Å². The van der Waals surface area contributed by atoms with Crippen LogP contribution in [0.1, 0.15) is 0 Å². The van der Waals surface area contributed by atoms with Gasteiger partial charge in [0.05, 0.1) is 18.5 Å². The summed E-state index contributed by atoms with van der Waals surface area (Å²) in [5, 5.41) is 2.24. The van der Waals surface area contributed by atoms with E-state index in [-0.39, 0.29) is 5.69 Å². The Kier molecular flexibility index (Phi) is 6.69. The molecule has 1 aromatic heterocycles. The zero-order valence-electron chi connectivity index (χ0n) is 11.1. The number of amides is 2. The SMILES string of the molecule is COCCOc1ccc(NC(=O)NOCC(F)(F)F)cn1. The largest absolute Gasteiger partial charge is 0.475 e. The summed E-state index contributed by atoms with van der Waals surface area (Å²) < 4.78 is 45.3. The lowest BCUT2D eigenvalue weighted by molar-refractivity contribution is -0.183. The van der Waals surface area contributed by atoms with Gasteiger partial charge in [0.2, 0.25) is 5.88 Å². The third-order valence-electron chi connectivity index (χ3n) is 1.93. The van der Waals surface area contributed by atoms with Gasteiger partial charge in [0.15, 0.2) is 6.61 Å². The maximum Gasteiger partial charge on any atom is 0.414 e. The summed E-state index contributed by atoms with van der Waals surface area (Å²) in [7, 11) is 1.53. The highest BCUT2D eigenvalue weighted by Crippen LogP contribution is 2.14. The van der Waals surface area contributed by atoms with Gasteiger partial charge in [-0.25, -0.2) is 15.3 Å². The number of carbonyl (C=O) groups is 1. The molecule has 0 saturated carbocycles. The Bertz CT molecular complexity index is 439. The molecule has 2 amide bonds. The number of carbonyl (C=O) groups excluding carboxylic acids is 1. The topological polar surface area (TPSA) is 81.7 Å². The highest BCUT2D eigenvalue weighted by molar-refractivity contribution is 5.88. The molecule has 0 spiro atoms. The van der Waals surface area contributed by atoms with Crippen molar-refractivity contribution in [1.82, 2.24) is 10.5 Å². The third-order valence-corrected chi connectivity index (χ3v) is 1.93. The molecule has 21 heavy (non-hydrogen) atoms. The van der Waals surface area contributed by atoms with Crippen LogP contribution in [0.3, 0.4) is 0 Å². The first kappa shape index (κ1) is 17.0. The molecule has 0 radical (unpaired) electrons. The summed E-state index contributed by atoms with van der Waals surface area (Å²) in [6.07, 6.45) is -3.23. The molecule has 1 aromatic rings. The van der Waals surface area contributed by atoms with E-state index in [1.54, 1.807) is 5.48 Å². The van der Waals surface area contributed by atoms with E-state index in [2.05, 4.69) is 15.1 Å². The fourth-order valence-corrected chi connectivity index (χ4v) is 1.11. The molecule has 0 atom stereocenters. The minimum Gasteiger partial charge on any atom is -0.475 e. The molecular weight excluding hydrogens is 295 g/mol. The average Bonchev–Trinajstić information content (AvgIpc) is 2.39. The van der Waals surface area contributed by atoms with Gasteiger partial charge in [0, 0.05) is 13.2 Å². The van der Waals surface area contributed by atoms with Gasteiger partial charge in [-0.2, -0.15) is 13.2 Å². The van der Waals surface area contributed by atoms with Crippen LogP contribution in [-0.4, -0.2) is 44.1 Å². The Morgan fingerprint density at radius 1 is 1.33 bits per heavy atom. The van der Waals surface area contributed by atoms with E-state index >= 15 is 0 Å². The first-order valence-electron chi connectivity index (χ1n) is 5.74. The predicted molar refractivity (Wildman–Crippen MR) is 65.8 cm³/mol. The fourth-order valence-electron chi connectivity index (χ4n) is 1.11. The summed E-state index contributed by atoms with van der Waals surface area (Å²) in [4.78, 5) is 19.1. The van der Waals surface area contributed by atoms with Crippen molar-refractivity contribution in [3.8, 4) is 5.88 Å². The number of nitrogens with one attached hydrogen (secondary N) is 2. The molecule has 0 fully saturated rings. The van der Waals surface area contributed by atoms with Crippen molar-refractivity contribution in [2.24, 2.45) is 0 Å². The molecule has 1 heterocycles. The van der Waals surface area contributed by atoms with Crippen molar-refractivity contribution >= 4 is 11.7 Å². The molecule has 7 nitrogen and oxygen atoms in total. The summed E-state index contributed by atoms with van der Waals surface area (Å²) >= 11 is 0. The number of anilines is 1. The van der Waals surface area contributed by atoms with Gasteiger partial charge in [-0.15, -0.1) is 0 Å². The maximum absolute atomic E-state index is 11.8. The molecule has 1 rings (SSSR count). The molecule has 0 aromatic carbocycles. The van der Waals surface area contributed by atoms with E-state index in [0.717, 1.165) is 0 Å². The normalized spacial score (nSPS) is 11.0. The van der Waals surface area contributed by atoms with Crippen LogP contribution in [0, 0.1) is 0 Å². The van der Waals surface area contributed by atoms with Gasteiger partial charge < -0.3 is 14.8 Å². The van der Waals surface area contributed by atoms with E-state index in [1.807, 2.05) is 0 Å². The predicted octanol–water partition coefficient (Wildman–Crippen LogP) is 1.72. The number of methoxy groups -OCH3 is 1. The minimum absolute atomic E-state index is 0.266. The molecule has 118 valence electrons. The number of urea groups is 1. The van der Waals surface area contributed by atoms with E-state index in [4.69, 9.17) is 9.47 Å². The third kappa shape index (κ3) is 7.95. The van der Waals surface area contributed by atoms with Gasteiger partial charge in [-0.3, -0.25) is 4.84 Å². The number of rotatable bonds is 7. The van der Waals surface area contributed by atoms with Crippen LogP contribution in [0.2, 0.25) is 0 Å². The number of nitrogens with zero attached hydrogens (tertiary/aromatic N) is 1. The van der Waals surface area contributed by atoms with Crippen molar-refractivity contribution in [3.63, 3.8) is 0 Å². The lowest BCUT2D eigenvalue weighted by atomic mass is 10.4. The lowest BCUT2D eigenvalue weighted by Crippen LogP contribution is -2.32. The Hall–Kier alpha value is -2.07. The second-order valence-electron chi connectivity index (χ2n) is 3.69. The van der Waals surface area contributed by atoms with E-state index in [0.29, 0.717) is 19.1 Å². The number of halogens is 3. The maximum atomic E-state index is 11.8. The zero-order valence-corrected chi connectivity index (χ0v) is 11.1. The lowest BCUT2D eigenvalue weighted by Gasteiger charge is -2.10. The Morgan fingerprint density at radius 3 is 2.67 bits per heavy atom. The first-order valence-corrected chi connectivity index (χ1v) is 5.74. The quantitative estimate of drug-likeness (QED) is 0.592. The van der Waals surface area contributed by atoms with Gasteiger partial charge in [-0.1, -0.05) is 0 Å². The number of aromatic nitrogens is 1. The van der Waals surface area contributed by atoms with Crippen LogP contribution in [0.15, 0.2) is 18.3 Å². The second-order valence-corrected chi connectivity index (χ2v) is 3.69. The van der Waals surface area contributed by atoms with Crippen molar-refractivity contribution in [3.05, 3.63) is 18.3 Å². The van der Waals surface area contributed by atoms with Crippen LogP contribution in [0.4, 0.5) is 23.7 Å². The monoisotopic (exact) mass is 309 g/mol. The highest BCUT2D eigenvalue weighted by atomic mass is 19.4. The van der Waals surface area contributed by atoms with Crippen molar-refractivity contribution < 1.29 is 32.3 Å². The molecule has 0 aliphatic carbocycles. The van der Waals surface area contributed by atoms with E-state index in [9.17, 15) is 18.0 Å². The summed E-state index contributed by atoms with van der Waals surface area (Å²) in [6.45, 7) is -0.854. The molecule has 0 aliphatic heterocycles. The first-order chi connectivity index (χ1) is 9.90. The molecular formula is C11H14F3N3O4. The van der Waals surface area contributed by atoms with Gasteiger partial charge in [0.1, 0.15) is 6.61 Å². The van der Waals surface area contributed by atoms with Crippen LogP contribution < -0.4 is 15.5 Å². The van der Waals surface area contributed by atoms with Crippen LogP contribution in [0.25, 0.3) is 0 Å². The average molecular weight is 309 g/mol. The summed E-state index contributed by atoms with van der Waals surface area (Å²) in [5.41, 5.74) is 1.86. The second kappa shape index (κ2) is 8.27. The molecule has 10 heteroatoms. The van der Waals surface area contributed by atoms with Crippen molar-refractivity contribution in [1.29, 1.82) is 0 Å². The molecule has 2 N–H and O–H groups in total. The number of pyridine rings is 1. The van der Waals surface area contributed by atoms with Crippen LogP contribution >= 0.6 is 0 Å². The Balaban J connectivity index is 2.32. The molecule has 0 bridgehead atoms. The Morgan fingerprint density at radius 2 is 2.10 bits per heavy atom. The fraction of sp³-hybridized carbons (Fsp3) is 0.455. The molecule has 0 unspecified atom stereocenters. The van der Waals surface area contributed by atoms with Crippen LogP contribution in [-0.2, 0) is 9.57 Å². The molecule has 0 aliphatic rings. The summed E-state index contributed by atoms with van der Waals surface area (Å²) in [5.74, 6) is 0.325. The number of hydrogen-bond acceptors (Lipinski definition) is 5. The standard InChI is InChI=1S/C11H14F3N3O4/c1-19-4-5-20-9-3-2-8(6-15-9)16-10(18)17-21-7-11(12,13)14/h2-3,6H,4-5,7H2,1H3,(H2,16,17,18). The van der Waals surface area contributed by atoms with E-state index < -0.39 is 18.8 Å². The number of hydroxylamine groups is 1. The van der Waals surface area contributed by atoms with Gasteiger partial charge >= 0.3 is 12.2 Å². The number of hydrogen-bond donors (Lipinski definition) is 2. The summed E-state index contributed by atoms with van der Waals surface area (Å²) in [6, 6.07) is 2.01. The Labute approximate surface area is 118 Å². The number of ether oxygens (including phenoxy) is 2. The van der Waals surface area contributed by atoms with Gasteiger partial charge in [0.25, 0.3) is 0 Å².